The van der Waals surface area contributed by atoms with Gasteiger partial charge in [-0.2, -0.15) is 0 Å². The average molecular weight is 271 g/mol. The number of hydrogen-bond donors (Lipinski definition) is 1. The largest absolute Gasteiger partial charge is 0.314 e. The van der Waals surface area contributed by atoms with E-state index in [1.165, 1.54) is 6.07 Å². The summed E-state index contributed by atoms with van der Waals surface area (Å²) < 4.78 is 13.7. The topological polar surface area (TPSA) is 15.3 Å². The molecular weight excluding hydrogens is 251 g/mol. The Labute approximate surface area is 113 Å². The maximum absolute atomic E-state index is 13.7. The highest BCUT2D eigenvalue weighted by molar-refractivity contribution is 6.31. The van der Waals surface area contributed by atoms with Crippen LogP contribution in [0.25, 0.3) is 0 Å². The van der Waals surface area contributed by atoms with Gasteiger partial charge in [0.15, 0.2) is 0 Å². The maximum Gasteiger partial charge on any atom is 0.127 e. The Balaban J connectivity index is 1.92. The zero-order chi connectivity index (χ0) is 13.0. The molecule has 0 radical (unpaired) electrons. The molecule has 1 aromatic carbocycles. The highest BCUT2D eigenvalue weighted by atomic mass is 35.5. The van der Waals surface area contributed by atoms with Crippen molar-refractivity contribution in [1.82, 2.24) is 10.2 Å². The molecule has 100 valence electrons. The number of nitrogens with zero attached hydrogens (tertiary/aromatic N) is 1. The first-order chi connectivity index (χ1) is 8.66. The van der Waals surface area contributed by atoms with E-state index in [2.05, 4.69) is 17.1 Å². The van der Waals surface area contributed by atoms with Gasteiger partial charge in [-0.15, -0.1) is 0 Å². The number of benzene rings is 1. The Morgan fingerprint density at radius 3 is 2.78 bits per heavy atom. The van der Waals surface area contributed by atoms with E-state index < -0.39 is 0 Å². The zero-order valence-electron chi connectivity index (χ0n) is 10.8. The van der Waals surface area contributed by atoms with Gasteiger partial charge in [0.25, 0.3) is 0 Å². The first kappa shape index (κ1) is 13.8. The van der Waals surface area contributed by atoms with Crippen LogP contribution in [0.2, 0.25) is 5.02 Å². The molecule has 1 unspecified atom stereocenters. The molecule has 1 aliphatic rings. The fourth-order valence-electron chi connectivity index (χ4n) is 2.47. The van der Waals surface area contributed by atoms with E-state index in [0.717, 1.165) is 32.7 Å². The normalized spacial score (nSPS) is 18.8. The summed E-state index contributed by atoms with van der Waals surface area (Å²) in [6.07, 6.45) is 0.704. The Morgan fingerprint density at radius 1 is 1.39 bits per heavy atom. The van der Waals surface area contributed by atoms with Gasteiger partial charge in [-0.3, -0.25) is 0 Å². The molecule has 4 heteroatoms. The molecular formula is C14H20ClFN2. The molecule has 1 aromatic rings. The first-order valence-electron chi connectivity index (χ1n) is 6.53. The summed E-state index contributed by atoms with van der Waals surface area (Å²) >= 11 is 6.05. The molecule has 1 saturated heterocycles. The fourth-order valence-corrected chi connectivity index (χ4v) is 2.72. The van der Waals surface area contributed by atoms with Crippen molar-refractivity contribution in [2.24, 2.45) is 5.92 Å². The lowest BCUT2D eigenvalue weighted by molar-refractivity contribution is 0.210. The smallest absolute Gasteiger partial charge is 0.127 e. The monoisotopic (exact) mass is 270 g/mol. The van der Waals surface area contributed by atoms with Crippen molar-refractivity contribution in [3.8, 4) is 0 Å². The molecule has 1 fully saturated rings. The van der Waals surface area contributed by atoms with Crippen molar-refractivity contribution < 1.29 is 4.39 Å². The second kappa shape index (κ2) is 6.50. The van der Waals surface area contributed by atoms with Gasteiger partial charge >= 0.3 is 0 Å². The number of piperazine rings is 1. The lowest BCUT2D eigenvalue weighted by atomic mass is 10.00. The highest BCUT2D eigenvalue weighted by Gasteiger charge is 2.16. The fraction of sp³-hybridized carbons (Fsp3) is 0.571. The third kappa shape index (κ3) is 3.67. The number of hydrogen-bond acceptors (Lipinski definition) is 2. The lowest BCUT2D eigenvalue weighted by Crippen LogP contribution is -2.45. The van der Waals surface area contributed by atoms with E-state index in [-0.39, 0.29) is 5.82 Å². The molecule has 18 heavy (non-hydrogen) atoms. The van der Waals surface area contributed by atoms with E-state index in [4.69, 9.17) is 11.6 Å². The molecule has 0 amide bonds. The summed E-state index contributed by atoms with van der Waals surface area (Å²) in [4.78, 5) is 2.43. The SMILES string of the molecule is CC(Cc1c(F)cccc1Cl)CN1CCNCC1. The molecule has 1 N–H and O–H groups in total. The van der Waals surface area contributed by atoms with Crippen LogP contribution in [0, 0.1) is 11.7 Å². The van der Waals surface area contributed by atoms with Crippen LogP contribution in [0.4, 0.5) is 4.39 Å². The number of nitrogens with one attached hydrogen (secondary N) is 1. The minimum Gasteiger partial charge on any atom is -0.314 e. The molecule has 1 aliphatic heterocycles. The minimum absolute atomic E-state index is 0.185. The van der Waals surface area contributed by atoms with E-state index in [1.807, 2.05) is 0 Å². The van der Waals surface area contributed by atoms with Gasteiger partial charge in [0.2, 0.25) is 0 Å². The quantitative estimate of drug-likeness (QED) is 0.905. The van der Waals surface area contributed by atoms with Crippen molar-refractivity contribution in [2.75, 3.05) is 32.7 Å². The van der Waals surface area contributed by atoms with Crippen molar-refractivity contribution >= 4 is 11.6 Å². The van der Waals surface area contributed by atoms with Crippen LogP contribution >= 0.6 is 11.6 Å². The van der Waals surface area contributed by atoms with Crippen LogP contribution in [0.3, 0.4) is 0 Å². The average Bonchev–Trinajstić information content (AvgIpc) is 2.35. The molecule has 1 heterocycles. The van der Waals surface area contributed by atoms with Crippen LogP contribution in [0.15, 0.2) is 18.2 Å². The number of halogens is 2. The van der Waals surface area contributed by atoms with Crippen LogP contribution in [0.5, 0.6) is 0 Å². The van der Waals surface area contributed by atoms with Crippen LogP contribution in [-0.2, 0) is 6.42 Å². The summed E-state index contributed by atoms with van der Waals surface area (Å²) in [6, 6.07) is 4.90. The van der Waals surface area contributed by atoms with E-state index in [1.54, 1.807) is 12.1 Å². The van der Waals surface area contributed by atoms with E-state index >= 15 is 0 Å². The molecule has 1 atom stereocenters. The third-order valence-electron chi connectivity index (χ3n) is 3.39. The molecule has 0 saturated carbocycles. The van der Waals surface area contributed by atoms with Gasteiger partial charge in [-0.05, 0) is 24.5 Å². The van der Waals surface area contributed by atoms with Crippen molar-refractivity contribution in [1.29, 1.82) is 0 Å². The Morgan fingerprint density at radius 2 is 2.11 bits per heavy atom. The van der Waals surface area contributed by atoms with Gasteiger partial charge in [0.1, 0.15) is 5.82 Å². The van der Waals surface area contributed by atoms with Crippen molar-refractivity contribution in [3.05, 3.63) is 34.6 Å². The van der Waals surface area contributed by atoms with Gasteiger partial charge in [-0.1, -0.05) is 24.6 Å². The van der Waals surface area contributed by atoms with Gasteiger partial charge < -0.3 is 10.2 Å². The van der Waals surface area contributed by atoms with Crippen LogP contribution in [0.1, 0.15) is 12.5 Å². The summed E-state index contributed by atoms with van der Waals surface area (Å²) in [6.45, 7) is 7.42. The second-order valence-corrected chi connectivity index (χ2v) is 5.47. The molecule has 0 aliphatic carbocycles. The lowest BCUT2D eigenvalue weighted by Gasteiger charge is -2.29. The Bertz CT molecular complexity index is 371. The van der Waals surface area contributed by atoms with Crippen molar-refractivity contribution in [2.45, 2.75) is 13.3 Å². The Hall–Kier alpha value is -0.640. The standard InChI is InChI=1S/C14H20ClFN2/c1-11(10-18-7-5-17-6-8-18)9-12-13(15)3-2-4-14(12)16/h2-4,11,17H,5-10H2,1H3. The molecule has 0 spiro atoms. The van der Waals surface area contributed by atoms with Crippen LogP contribution < -0.4 is 5.32 Å². The predicted molar refractivity (Wildman–Crippen MR) is 73.6 cm³/mol. The summed E-state index contributed by atoms with van der Waals surface area (Å²) in [5.74, 6) is 0.229. The first-order valence-corrected chi connectivity index (χ1v) is 6.90. The van der Waals surface area contributed by atoms with Crippen molar-refractivity contribution in [3.63, 3.8) is 0 Å². The third-order valence-corrected chi connectivity index (χ3v) is 3.75. The number of rotatable bonds is 4. The predicted octanol–water partition coefficient (Wildman–Crippen LogP) is 2.56. The molecule has 0 bridgehead atoms. The molecule has 0 aromatic heterocycles. The summed E-state index contributed by atoms with van der Waals surface area (Å²) in [7, 11) is 0. The minimum atomic E-state index is -0.185. The van der Waals surface area contributed by atoms with Gasteiger partial charge in [0.05, 0.1) is 0 Å². The highest BCUT2D eigenvalue weighted by Crippen LogP contribution is 2.22. The van der Waals surface area contributed by atoms with Crippen LogP contribution in [-0.4, -0.2) is 37.6 Å². The maximum atomic E-state index is 13.7. The zero-order valence-corrected chi connectivity index (χ0v) is 11.5. The van der Waals surface area contributed by atoms with E-state index in [0.29, 0.717) is 22.9 Å². The summed E-state index contributed by atoms with van der Waals surface area (Å²) in [5.41, 5.74) is 0.654. The van der Waals surface area contributed by atoms with Gasteiger partial charge in [0, 0.05) is 43.3 Å². The second-order valence-electron chi connectivity index (χ2n) is 5.06. The van der Waals surface area contributed by atoms with Gasteiger partial charge in [-0.25, -0.2) is 4.39 Å². The molecule has 2 nitrogen and oxygen atoms in total. The summed E-state index contributed by atoms with van der Waals surface area (Å²) in [5, 5.41) is 3.88. The Kier molecular flexibility index (Phi) is 4.98. The molecule has 2 rings (SSSR count). The van der Waals surface area contributed by atoms with E-state index in [9.17, 15) is 4.39 Å².